The maximum atomic E-state index is 11.7. The second-order valence-electron chi connectivity index (χ2n) is 4.47. The van der Waals surface area contributed by atoms with Crippen molar-refractivity contribution in [1.29, 1.82) is 0 Å². The largest absolute Gasteiger partial charge is 0.465 e. The van der Waals surface area contributed by atoms with E-state index in [1.165, 1.54) is 18.4 Å². The maximum absolute atomic E-state index is 11.7. The van der Waals surface area contributed by atoms with Crippen molar-refractivity contribution in [3.63, 3.8) is 0 Å². The predicted molar refractivity (Wildman–Crippen MR) is 66.0 cm³/mol. The molecule has 88 valence electrons. The Morgan fingerprint density at radius 3 is 2.81 bits per heavy atom. The van der Waals surface area contributed by atoms with E-state index in [1.54, 1.807) is 11.3 Å². The van der Waals surface area contributed by atoms with Gasteiger partial charge in [-0.2, -0.15) is 0 Å². The molecule has 0 radical (unpaired) electrons. The predicted octanol–water partition coefficient (Wildman–Crippen LogP) is 2.80. The minimum atomic E-state index is -0.295. The average molecular weight is 239 g/mol. The van der Waals surface area contributed by atoms with Gasteiger partial charge in [0.1, 0.15) is 5.00 Å². The van der Waals surface area contributed by atoms with Crippen molar-refractivity contribution >= 4 is 22.3 Å². The number of hydrogen-bond donors (Lipinski definition) is 1. The second-order valence-corrected chi connectivity index (χ2v) is 5.61. The number of carbonyl (C=O) groups excluding carboxylic acids is 1. The zero-order valence-electron chi connectivity index (χ0n) is 9.87. The third kappa shape index (κ3) is 1.61. The molecule has 2 rings (SSSR count). The number of nitrogen functional groups attached to an aromatic ring is 1. The number of aryl methyl sites for hydroxylation is 1. The maximum Gasteiger partial charge on any atom is 0.341 e. The molecule has 2 atom stereocenters. The molecule has 0 saturated heterocycles. The van der Waals surface area contributed by atoms with Gasteiger partial charge in [-0.25, -0.2) is 4.79 Å². The lowest BCUT2D eigenvalue weighted by Gasteiger charge is -2.26. The van der Waals surface area contributed by atoms with Crippen molar-refractivity contribution in [2.45, 2.75) is 32.6 Å². The highest BCUT2D eigenvalue weighted by atomic mass is 32.1. The van der Waals surface area contributed by atoms with Crippen LogP contribution in [0.3, 0.4) is 0 Å². The molecule has 16 heavy (non-hydrogen) atoms. The van der Waals surface area contributed by atoms with Gasteiger partial charge in [0.2, 0.25) is 0 Å². The molecule has 0 unspecified atom stereocenters. The van der Waals surface area contributed by atoms with Gasteiger partial charge >= 0.3 is 5.97 Å². The lowest BCUT2D eigenvalue weighted by molar-refractivity contribution is 0.0600. The summed E-state index contributed by atoms with van der Waals surface area (Å²) < 4.78 is 4.81. The lowest BCUT2D eigenvalue weighted by Crippen LogP contribution is -2.17. The monoisotopic (exact) mass is 239 g/mol. The molecule has 0 bridgehead atoms. The molecular formula is C12H17NO2S. The molecule has 0 amide bonds. The minimum Gasteiger partial charge on any atom is -0.465 e. The Hall–Kier alpha value is -1.03. The first-order chi connectivity index (χ1) is 7.56. The highest BCUT2D eigenvalue weighted by Crippen LogP contribution is 2.44. The molecule has 0 aliphatic heterocycles. The highest BCUT2D eigenvalue weighted by molar-refractivity contribution is 7.16. The summed E-state index contributed by atoms with van der Waals surface area (Å²) >= 11 is 1.54. The van der Waals surface area contributed by atoms with Gasteiger partial charge in [-0.1, -0.05) is 13.8 Å². The van der Waals surface area contributed by atoms with Gasteiger partial charge in [-0.3, -0.25) is 0 Å². The molecule has 4 heteroatoms. The average Bonchev–Trinajstić information content (AvgIpc) is 2.60. The van der Waals surface area contributed by atoms with E-state index >= 15 is 0 Å². The number of nitrogens with two attached hydrogens (primary N) is 1. The first kappa shape index (κ1) is 11.5. The van der Waals surface area contributed by atoms with Gasteiger partial charge in [0.25, 0.3) is 0 Å². The first-order valence-electron chi connectivity index (χ1n) is 5.55. The molecule has 1 aliphatic rings. The van der Waals surface area contributed by atoms with E-state index in [0.717, 1.165) is 12.0 Å². The van der Waals surface area contributed by atoms with E-state index in [9.17, 15) is 4.79 Å². The molecule has 1 heterocycles. The summed E-state index contributed by atoms with van der Waals surface area (Å²) in [4.78, 5) is 13.0. The van der Waals surface area contributed by atoms with Crippen LogP contribution in [0.15, 0.2) is 0 Å². The molecule has 3 nitrogen and oxygen atoms in total. The third-order valence-electron chi connectivity index (χ3n) is 3.57. The number of fused-ring (bicyclic) bond motifs is 1. The van der Waals surface area contributed by atoms with E-state index in [4.69, 9.17) is 10.5 Å². The molecule has 0 aromatic carbocycles. The summed E-state index contributed by atoms with van der Waals surface area (Å²) in [6.07, 6.45) is 2.21. The van der Waals surface area contributed by atoms with Gasteiger partial charge in [0.15, 0.2) is 0 Å². The Labute approximate surface area is 99.6 Å². The fraction of sp³-hybridized carbons (Fsp3) is 0.583. The Bertz CT molecular complexity index is 425. The van der Waals surface area contributed by atoms with Crippen LogP contribution in [-0.2, 0) is 11.2 Å². The van der Waals surface area contributed by atoms with Crippen molar-refractivity contribution in [3.05, 3.63) is 16.0 Å². The van der Waals surface area contributed by atoms with Gasteiger partial charge in [-0.15, -0.1) is 11.3 Å². The molecule has 2 N–H and O–H groups in total. The molecule has 1 aromatic heterocycles. The molecule has 1 aliphatic carbocycles. The zero-order chi connectivity index (χ0) is 11.9. The van der Waals surface area contributed by atoms with Gasteiger partial charge in [0.05, 0.1) is 12.7 Å². The number of hydrogen-bond acceptors (Lipinski definition) is 4. The lowest BCUT2D eigenvalue weighted by atomic mass is 9.79. The zero-order valence-corrected chi connectivity index (χ0v) is 10.7. The minimum absolute atomic E-state index is 0.295. The summed E-state index contributed by atoms with van der Waals surface area (Å²) in [5, 5.41) is 0.609. The van der Waals surface area contributed by atoms with Crippen LogP contribution in [-0.4, -0.2) is 13.1 Å². The smallest absolute Gasteiger partial charge is 0.341 e. The van der Waals surface area contributed by atoms with Crippen LogP contribution in [0.1, 0.15) is 47.0 Å². The number of thiophene rings is 1. The highest BCUT2D eigenvalue weighted by Gasteiger charge is 2.32. The number of esters is 1. The van der Waals surface area contributed by atoms with Gasteiger partial charge in [-0.05, 0) is 30.2 Å². The standard InChI is InChI=1S/C12H17NO2S/c1-6-4-5-8-9(7(6)2)10(11(13)16-8)12(14)15-3/h6-7H,4-5,13H2,1-3H3/t6-,7-/m0/s1. The van der Waals surface area contributed by atoms with Crippen LogP contribution < -0.4 is 5.73 Å². The summed E-state index contributed by atoms with van der Waals surface area (Å²) in [5.74, 6) is 0.701. The Balaban J connectivity index is 2.54. The number of carbonyl (C=O) groups is 1. The SMILES string of the molecule is COC(=O)c1c(N)sc2c1[C@@H](C)[C@@H](C)CC2. The van der Waals surface area contributed by atoms with Crippen molar-refractivity contribution in [3.8, 4) is 0 Å². The molecule has 1 aromatic rings. The van der Waals surface area contributed by atoms with Crippen LogP contribution in [0.25, 0.3) is 0 Å². The third-order valence-corrected chi connectivity index (χ3v) is 4.67. The van der Waals surface area contributed by atoms with Crippen LogP contribution >= 0.6 is 11.3 Å². The number of ether oxygens (including phenoxy) is 1. The fourth-order valence-electron chi connectivity index (χ4n) is 2.38. The number of rotatable bonds is 1. The molecular weight excluding hydrogens is 222 g/mol. The van der Waals surface area contributed by atoms with Crippen molar-refractivity contribution < 1.29 is 9.53 Å². The van der Waals surface area contributed by atoms with Crippen molar-refractivity contribution in [1.82, 2.24) is 0 Å². The summed E-state index contributed by atoms with van der Waals surface area (Å²) in [6, 6.07) is 0. The number of methoxy groups -OCH3 is 1. The summed E-state index contributed by atoms with van der Waals surface area (Å²) in [7, 11) is 1.41. The normalized spacial score (nSPS) is 23.9. The molecule has 0 spiro atoms. The van der Waals surface area contributed by atoms with E-state index in [-0.39, 0.29) is 5.97 Å². The van der Waals surface area contributed by atoms with Crippen LogP contribution in [0.2, 0.25) is 0 Å². The molecule has 0 saturated carbocycles. The van der Waals surface area contributed by atoms with Gasteiger partial charge < -0.3 is 10.5 Å². The Kier molecular flexibility index (Phi) is 2.93. The first-order valence-corrected chi connectivity index (χ1v) is 6.37. The van der Waals surface area contributed by atoms with Gasteiger partial charge in [0, 0.05) is 4.88 Å². The molecule has 0 fully saturated rings. The second kappa shape index (κ2) is 4.09. The Morgan fingerprint density at radius 1 is 1.50 bits per heavy atom. The quantitative estimate of drug-likeness (QED) is 0.767. The van der Waals surface area contributed by atoms with Crippen molar-refractivity contribution in [2.75, 3.05) is 12.8 Å². The van der Waals surface area contributed by atoms with E-state index in [1.807, 2.05) is 0 Å². The topological polar surface area (TPSA) is 52.3 Å². The Morgan fingerprint density at radius 2 is 2.19 bits per heavy atom. The van der Waals surface area contributed by atoms with Crippen molar-refractivity contribution in [2.24, 2.45) is 5.92 Å². The number of anilines is 1. The summed E-state index contributed by atoms with van der Waals surface area (Å²) in [6.45, 7) is 4.39. The van der Waals surface area contributed by atoms with E-state index in [0.29, 0.717) is 22.4 Å². The van der Waals surface area contributed by atoms with Crippen LogP contribution in [0.5, 0.6) is 0 Å². The summed E-state index contributed by atoms with van der Waals surface area (Å²) in [5.41, 5.74) is 7.67. The van der Waals surface area contributed by atoms with Crippen LogP contribution in [0, 0.1) is 5.92 Å². The fourth-order valence-corrected chi connectivity index (χ4v) is 3.56. The van der Waals surface area contributed by atoms with E-state index < -0.39 is 0 Å². The van der Waals surface area contributed by atoms with E-state index in [2.05, 4.69) is 13.8 Å². The van der Waals surface area contributed by atoms with Crippen LogP contribution in [0.4, 0.5) is 5.00 Å².